The number of hydrogen-bond donors (Lipinski definition) is 2. The Labute approximate surface area is 137 Å². The van der Waals surface area contributed by atoms with E-state index in [1.165, 1.54) is 5.56 Å². The Balaban J connectivity index is 2.00. The van der Waals surface area contributed by atoms with Crippen LogP contribution in [0.2, 0.25) is 5.02 Å². The minimum Gasteiger partial charge on any atom is -0.389 e. The van der Waals surface area contributed by atoms with E-state index in [0.717, 1.165) is 33.7 Å². The largest absolute Gasteiger partial charge is 0.389 e. The van der Waals surface area contributed by atoms with E-state index in [-0.39, 0.29) is 0 Å². The molecule has 2 aromatic rings. The summed E-state index contributed by atoms with van der Waals surface area (Å²) in [6, 6.07) is 13.7. The fraction of sp³-hybridized carbons (Fsp3) is 0.133. The number of rotatable bonds is 5. The lowest BCUT2D eigenvalue weighted by Gasteiger charge is -2.11. The van der Waals surface area contributed by atoms with E-state index in [4.69, 9.17) is 29.6 Å². The van der Waals surface area contributed by atoms with Crippen molar-refractivity contribution in [2.45, 2.75) is 6.42 Å². The van der Waals surface area contributed by atoms with Gasteiger partial charge in [0.25, 0.3) is 0 Å². The lowest BCUT2D eigenvalue weighted by atomic mass is 10.1. The highest BCUT2D eigenvalue weighted by Gasteiger charge is 2.05. The fourth-order valence-electron chi connectivity index (χ4n) is 1.87. The molecule has 0 radical (unpaired) electrons. The van der Waals surface area contributed by atoms with Gasteiger partial charge < -0.3 is 11.1 Å². The fourth-order valence-corrected chi connectivity index (χ4v) is 2.52. The molecule has 0 heterocycles. The first-order chi connectivity index (χ1) is 9.56. The zero-order valence-corrected chi connectivity index (χ0v) is 13.9. The maximum Gasteiger partial charge on any atom is 0.106 e. The second kappa shape index (κ2) is 7.07. The highest BCUT2D eigenvalue weighted by molar-refractivity contribution is 9.10. The van der Waals surface area contributed by atoms with E-state index in [0.29, 0.717) is 4.99 Å². The number of anilines is 1. The SMILES string of the molecule is NC(=S)c1cc(Br)ccc1NCCc1ccc(Cl)cc1. The molecule has 0 spiro atoms. The molecule has 0 bridgehead atoms. The molecule has 2 aromatic carbocycles. The molecular formula is C15H14BrClN2S. The predicted octanol–water partition coefficient (Wildman–Crippen LogP) is 4.39. The van der Waals surface area contributed by atoms with Gasteiger partial charge in [-0.05, 0) is 42.3 Å². The van der Waals surface area contributed by atoms with Gasteiger partial charge in [-0.2, -0.15) is 0 Å². The summed E-state index contributed by atoms with van der Waals surface area (Å²) in [7, 11) is 0. The zero-order valence-electron chi connectivity index (χ0n) is 10.7. The number of halogens is 2. The summed E-state index contributed by atoms with van der Waals surface area (Å²) in [4.78, 5) is 0.389. The van der Waals surface area contributed by atoms with Crippen LogP contribution in [0.25, 0.3) is 0 Å². The molecule has 2 nitrogen and oxygen atoms in total. The maximum atomic E-state index is 5.86. The standard InChI is InChI=1S/C15H14BrClN2S/c16-11-3-6-14(13(9-11)15(18)20)19-8-7-10-1-4-12(17)5-2-10/h1-6,9,19H,7-8H2,(H2,18,20). The molecule has 2 rings (SSSR count). The minimum absolute atomic E-state index is 0.389. The van der Waals surface area contributed by atoms with E-state index in [9.17, 15) is 0 Å². The van der Waals surface area contributed by atoms with Gasteiger partial charge >= 0.3 is 0 Å². The van der Waals surface area contributed by atoms with Gasteiger partial charge in [-0.1, -0.05) is 51.9 Å². The number of benzene rings is 2. The molecule has 0 saturated carbocycles. The second-order valence-corrected chi connectivity index (χ2v) is 6.15. The molecule has 20 heavy (non-hydrogen) atoms. The van der Waals surface area contributed by atoms with Crippen LogP contribution in [0.5, 0.6) is 0 Å². The van der Waals surface area contributed by atoms with Gasteiger partial charge in [-0.25, -0.2) is 0 Å². The Morgan fingerprint density at radius 2 is 1.90 bits per heavy atom. The third-order valence-electron chi connectivity index (χ3n) is 2.89. The first-order valence-corrected chi connectivity index (χ1v) is 7.72. The summed E-state index contributed by atoms with van der Waals surface area (Å²) in [6.45, 7) is 0.804. The molecule has 0 aliphatic carbocycles. The lowest BCUT2D eigenvalue weighted by molar-refractivity contribution is 1.02. The molecule has 104 valence electrons. The molecule has 0 fully saturated rings. The van der Waals surface area contributed by atoms with Crippen LogP contribution in [0.15, 0.2) is 46.9 Å². The maximum absolute atomic E-state index is 5.86. The monoisotopic (exact) mass is 368 g/mol. The summed E-state index contributed by atoms with van der Waals surface area (Å²) in [5.41, 5.74) is 8.78. The zero-order chi connectivity index (χ0) is 14.5. The van der Waals surface area contributed by atoms with Crippen LogP contribution in [0.3, 0.4) is 0 Å². The third-order valence-corrected chi connectivity index (χ3v) is 3.85. The van der Waals surface area contributed by atoms with Crippen LogP contribution >= 0.6 is 39.7 Å². The Morgan fingerprint density at radius 3 is 2.55 bits per heavy atom. The molecule has 0 unspecified atom stereocenters. The number of nitrogens with one attached hydrogen (secondary N) is 1. The average molecular weight is 370 g/mol. The van der Waals surface area contributed by atoms with Crippen molar-refractivity contribution in [1.29, 1.82) is 0 Å². The molecule has 3 N–H and O–H groups in total. The summed E-state index contributed by atoms with van der Waals surface area (Å²) < 4.78 is 0.962. The molecule has 0 aliphatic rings. The summed E-state index contributed by atoms with van der Waals surface area (Å²) in [5.74, 6) is 0. The van der Waals surface area contributed by atoms with E-state index in [1.807, 2.05) is 42.5 Å². The predicted molar refractivity (Wildman–Crippen MR) is 93.7 cm³/mol. The van der Waals surface area contributed by atoms with Crippen molar-refractivity contribution in [3.05, 3.63) is 63.1 Å². The minimum atomic E-state index is 0.389. The Kier molecular flexibility index (Phi) is 5.40. The smallest absolute Gasteiger partial charge is 0.106 e. The van der Waals surface area contributed by atoms with E-state index < -0.39 is 0 Å². The quantitative estimate of drug-likeness (QED) is 0.768. The summed E-state index contributed by atoms with van der Waals surface area (Å²) in [6.07, 6.45) is 0.907. The first-order valence-electron chi connectivity index (χ1n) is 6.14. The first kappa shape index (κ1) is 15.3. The molecule has 0 saturated heterocycles. The van der Waals surface area contributed by atoms with Crippen LogP contribution in [-0.4, -0.2) is 11.5 Å². The number of thiocarbonyl (C=S) groups is 1. The highest BCUT2D eigenvalue weighted by atomic mass is 79.9. The van der Waals surface area contributed by atoms with Crippen LogP contribution in [0, 0.1) is 0 Å². The van der Waals surface area contributed by atoms with Crippen LogP contribution in [0.4, 0.5) is 5.69 Å². The van der Waals surface area contributed by atoms with Crippen molar-refractivity contribution in [2.75, 3.05) is 11.9 Å². The Hall–Kier alpha value is -1.10. The molecule has 0 atom stereocenters. The van der Waals surface area contributed by atoms with Gasteiger partial charge in [-0.15, -0.1) is 0 Å². The van der Waals surface area contributed by atoms with Crippen molar-refractivity contribution < 1.29 is 0 Å². The van der Waals surface area contributed by atoms with Crippen molar-refractivity contribution in [3.8, 4) is 0 Å². The van der Waals surface area contributed by atoms with Crippen molar-refractivity contribution in [3.63, 3.8) is 0 Å². The van der Waals surface area contributed by atoms with Crippen molar-refractivity contribution in [2.24, 2.45) is 5.73 Å². The Morgan fingerprint density at radius 1 is 1.20 bits per heavy atom. The molecular weight excluding hydrogens is 356 g/mol. The van der Waals surface area contributed by atoms with E-state index in [1.54, 1.807) is 0 Å². The molecule has 0 aliphatic heterocycles. The van der Waals surface area contributed by atoms with Crippen LogP contribution in [-0.2, 0) is 6.42 Å². The summed E-state index contributed by atoms with van der Waals surface area (Å²) in [5, 5.41) is 4.12. The number of nitrogens with two attached hydrogens (primary N) is 1. The van der Waals surface area contributed by atoms with Crippen LogP contribution < -0.4 is 11.1 Å². The van der Waals surface area contributed by atoms with E-state index >= 15 is 0 Å². The van der Waals surface area contributed by atoms with Crippen molar-refractivity contribution in [1.82, 2.24) is 0 Å². The van der Waals surface area contributed by atoms with Crippen molar-refractivity contribution >= 4 is 50.4 Å². The summed E-state index contributed by atoms with van der Waals surface area (Å²) >= 11 is 14.4. The third kappa shape index (κ3) is 4.20. The molecule has 0 aromatic heterocycles. The number of hydrogen-bond acceptors (Lipinski definition) is 2. The van der Waals surface area contributed by atoms with Gasteiger partial charge in [0, 0.05) is 27.3 Å². The second-order valence-electron chi connectivity index (χ2n) is 4.36. The highest BCUT2D eigenvalue weighted by Crippen LogP contribution is 2.21. The van der Waals surface area contributed by atoms with Crippen LogP contribution in [0.1, 0.15) is 11.1 Å². The van der Waals surface area contributed by atoms with Gasteiger partial charge in [0.15, 0.2) is 0 Å². The normalized spacial score (nSPS) is 10.3. The van der Waals surface area contributed by atoms with Gasteiger partial charge in [-0.3, -0.25) is 0 Å². The average Bonchev–Trinajstić information content (AvgIpc) is 2.42. The van der Waals surface area contributed by atoms with Gasteiger partial charge in [0.2, 0.25) is 0 Å². The topological polar surface area (TPSA) is 38.0 Å². The Bertz CT molecular complexity index is 614. The lowest BCUT2D eigenvalue weighted by Crippen LogP contribution is -2.14. The van der Waals surface area contributed by atoms with Gasteiger partial charge in [0.1, 0.15) is 4.99 Å². The molecule has 0 amide bonds. The van der Waals surface area contributed by atoms with E-state index in [2.05, 4.69) is 21.2 Å². The molecule has 5 heteroatoms. The van der Waals surface area contributed by atoms with Gasteiger partial charge in [0.05, 0.1) is 0 Å².